The van der Waals surface area contributed by atoms with Crippen molar-refractivity contribution in [1.29, 1.82) is 0 Å². The van der Waals surface area contributed by atoms with Crippen LogP contribution in [0.5, 0.6) is 5.75 Å². The largest absolute Gasteiger partial charge is 0.496 e. The quantitative estimate of drug-likeness (QED) is 0.809. The number of nitrogens with one attached hydrogen (secondary N) is 1. The van der Waals surface area contributed by atoms with Gasteiger partial charge >= 0.3 is 0 Å². The van der Waals surface area contributed by atoms with Crippen molar-refractivity contribution < 1.29 is 9.47 Å². The van der Waals surface area contributed by atoms with E-state index in [0.717, 1.165) is 28.8 Å². The Bertz CT molecular complexity index is 554. The molecule has 1 aromatic carbocycles. The third kappa shape index (κ3) is 3.18. The Labute approximate surface area is 119 Å². The molecule has 1 heterocycles. The number of pyridine rings is 1. The number of nitrogens with two attached hydrogens (primary N) is 1. The molecule has 1 aromatic heterocycles. The van der Waals surface area contributed by atoms with Gasteiger partial charge in [-0.05, 0) is 25.1 Å². The zero-order valence-electron chi connectivity index (χ0n) is 11.9. The summed E-state index contributed by atoms with van der Waals surface area (Å²) < 4.78 is 10.6. The van der Waals surface area contributed by atoms with Gasteiger partial charge in [0.2, 0.25) is 0 Å². The Balaban J connectivity index is 2.34. The number of ether oxygens (including phenoxy) is 2. The van der Waals surface area contributed by atoms with E-state index in [0.29, 0.717) is 13.2 Å². The molecule has 2 aromatic rings. The van der Waals surface area contributed by atoms with Gasteiger partial charge in [-0.25, -0.2) is 4.98 Å². The van der Waals surface area contributed by atoms with Crippen molar-refractivity contribution in [2.45, 2.75) is 12.5 Å². The molecule has 1 atom stereocenters. The summed E-state index contributed by atoms with van der Waals surface area (Å²) >= 11 is 0. The fourth-order valence-corrected chi connectivity index (χ4v) is 2.26. The van der Waals surface area contributed by atoms with E-state index in [-0.39, 0.29) is 6.04 Å². The van der Waals surface area contributed by atoms with Gasteiger partial charge in [-0.1, -0.05) is 12.1 Å². The number of aromatic nitrogens is 1. The van der Waals surface area contributed by atoms with Gasteiger partial charge in [0.1, 0.15) is 11.6 Å². The van der Waals surface area contributed by atoms with E-state index >= 15 is 0 Å². The van der Waals surface area contributed by atoms with Gasteiger partial charge in [-0.2, -0.15) is 0 Å². The number of methoxy groups -OCH3 is 2. The maximum absolute atomic E-state index is 5.64. The molecule has 1 unspecified atom stereocenters. The zero-order valence-corrected chi connectivity index (χ0v) is 11.9. The van der Waals surface area contributed by atoms with Crippen LogP contribution in [-0.4, -0.2) is 38.4 Å². The van der Waals surface area contributed by atoms with E-state index < -0.39 is 0 Å². The Kier molecular flexibility index (Phi) is 5.15. The average molecular weight is 275 g/mol. The predicted octanol–water partition coefficient (Wildman–Crippen LogP) is 2.02. The summed E-state index contributed by atoms with van der Waals surface area (Å²) in [6.45, 7) is 1.20. The van der Waals surface area contributed by atoms with E-state index in [1.165, 1.54) is 0 Å². The normalized spacial score (nSPS) is 12.3. The van der Waals surface area contributed by atoms with Crippen molar-refractivity contribution in [3.8, 4) is 5.75 Å². The highest BCUT2D eigenvalue weighted by Gasteiger charge is 2.11. The molecule has 0 aliphatic carbocycles. The minimum absolute atomic E-state index is 0.148. The number of hydrogen-bond donors (Lipinski definition) is 2. The van der Waals surface area contributed by atoms with Crippen LogP contribution >= 0.6 is 0 Å². The van der Waals surface area contributed by atoms with Gasteiger partial charge in [0.15, 0.2) is 0 Å². The first kappa shape index (κ1) is 14.6. The van der Waals surface area contributed by atoms with Crippen molar-refractivity contribution >= 4 is 16.6 Å². The third-order valence-electron chi connectivity index (χ3n) is 3.21. The first-order valence-corrected chi connectivity index (χ1v) is 6.67. The monoisotopic (exact) mass is 275 g/mol. The molecular formula is C15H21N3O2. The summed E-state index contributed by atoms with van der Waals surface area (Å²) in [6, 6.07) is 8.03. The predicted molar refractivity (Wildman–Crippen MR) is 81.3 cm³/mol. The second-order valence-corrected chi connectivity index (χ2v) is 4.59. The molecular weight excluding hydrogens is 254 g/mol. The lowest BCUT2D eigenvalue weighted by molar-refractivity contribution is 0.183. The molecule has 2 rings (SSSR count). The lowest BCUT2D eigenvalue weighted by Crippen LogP contribution is -2.28. The van der Waals surface area contributed by atoms with Crippen LogP contribution in [0.25, 0.3) is 10.8 Å². The molecule has 5 nitrogen and oxygen atoms in total. The zero-order chi connectivity index (χ0) is 14.4. The van der Waals surface area contributed by atoms with Crippen LogP contribution in [0.3, 0.4) is 0 Å². The van der Waals surface area contributed by atoms with Crippen LogP contribution in [0.2, 0.25) is 0 Å². The standard InChI is InChI=1S/C15H21N3O2/c1-19-10-11(6-8-16)18-15-13-4-3-5-14(20-2)12(13)7-9-17-15/h3-5,7,9,11H,6,8,10,16H2,1-2H3,(H,17,18). The minimum Gasteiger partial charge on any atom is -0.496 e. The van der Waals surface area contributed by atoms with Crippen LogP contribution in [0.4, 0.5) is 5.82 Å². The Morgan fingerprint density at radius 3 is 2.80 bits per heavy atom. The smallest absolute Gasteiger partial charge is 0.134 e. The van der Waals surface area contributed by atoms with Crippen molar-refractivity contribution in [3.05, 3.63) is 30.5 Å². The number of anilines is 1. The first-order valence-electron chi connectivity index (χ1n) is 6.67. The van der Waals surface area contributed by atoms with E-state index in [1.807, 2.05) is 24.3 Å². The Morgan fingerprint density at radius 1 is 1.25 bits per heavy atom. The summed E-state index contributed by atoms with van der Waals surface area (Å²) in [4.78, 5) is 4.42. The van der Waals surface area contributed by atoms with Crippen molar-refractivity contribution in [1.82, 2.24) is 4.98 Å². The number of rotatable bonds is 7. The molecule has 5 heteroatoms. The van der Waals surface area contributed by atoms with Crippen molar-refractivity contribution in [2.75, 3.05) is 32.7 Å². The molecule has 0 fully saturated rings. The summed E-state index contributed by atoms with van der Waals surface area (Å²) in [5.74, 6) is 1.67. The SMILES string of the molecule is COCC(CCN)Nc1nccc2c(OC)cccc12. The molecule has 108 valence electrons. The summed E-state index contributed by atoms with van der Waals surface area (Å²) in [5.41, 5.74) is 5.64. The van der Waals surface area contributed by atoms with Gasteiger partial charge in [-0.15, -0.1) is 0 Å². The van der Waals surface area contributed by atoms with E-state index in [4.69, 9.17) is 15.2 Å². The highest BCUT2D eigenvalue weighted by molar-refractivity contribution is 5.95. The van der Waals surface area contributed by atoms with Crippen LogP contribution in [0.1, 0.15) is 6.42 Å². The number of nitrogens with zero attached hydrogens (tertiary/aromatic N) is 1. The Morgan fingerprint density at radius 2 is 2.10 bits per heavy atom. The average Bonchev–Trinajstić information content (AvgIpc) is 2.47. The van der Waals surface area contributed by atoms with E-state index in [2.05, 4.69) is 10.3 Å². The topological polar surface area (TPSA) is 69.4 Å². The fourth-order valence-electron chi connectivity index (χ4n) is 2.26. The second-order valence-electron chi connectivity index (χ2n) is 4.59. The maximum atomic E-state index is 5.64. The van der Waals surface area contributed by atoms with Gasteiger partial charge < -0.3 is 20.5 Å². The molecule has 0 bridgehead atoms. The molecule has 0 saturated carbocycles. The van der Waals surface area contributed by atoms with E-state index in [1.54, 1.807) is 20.4 Å². The molecule has 20 heavy (non-hydrogen) atoms. The van der Waals surface area contributed by atoms with Crippen LogP contribution in [-0.2, 0) is 4.74 Å². The van der Waals surface area contributed by atoms with Crippen molar-refractivity contribution in [2.24, 2.45) is 5.73 Å². The molecule has 0 radical (unpaired) electrons. The summed E-state index contributed by atoms with van der Waals surface area (Å²) in [6.07, 6.45) is 2.61. The highest BCUT2D eigenvalue weighted by Crippen LogP contribution is 2.29. The van der Waals surface area contributed by atoms with Gasteiger partial charge in [0.25, 0.3) is 0 Å². The number of hydrogen-bond acceptors (Lipinski definition) is 5. The lowest BCUT2D eigenvalue weighted by Gasteiger charge is -2.19. The molecule has 0 aliphatic heterocycles. The highest BCUT2D eigenvalue weighted by atomic mass is 16.5. The Hall–Kier alpha value is -1.85. The number of benzene rings is 1. The van der Waals surface area contributed by atoms with Crippen LogP contribution in [0.15, 0.2) is 30.5 Å². The first-order chi connectivity index (χ1) is 9.80. The molecule has 3 N–H and O–H groups in total. The van der Waals surface area contributed by atoms with E-state index in [9.17, 15) is 0 Å². The minimum atomic E-state index is 0.148. The van der Waals surface area contributed by atoms with Crippen LogP contribution < -0.4 is 15.8 Å². The summed E-state index contributed by atoms with van der Waals surface area (Å²) in [7, 11) is 3.36. The fraction of sp³-hybridized carbons (Fsp3) is 0.400. The second kappa shape index (κ2) is 7.07. The van der Waals surface area contributed by atoms with Gasteiger partial charge in [-0.3, -0.25) is 0 Å². The third-order valence-corrected chi connectivity index (χ3v) is 3.21. The maximum Gasteiger partial charge on any atom is 0.134 e. The van der Waals surface area contributed by atoms with Gasteiger partial charge in [0.05, 0.1) is 19.8 Å². The van der Waals surface area contributed by atoms with Gasteiger partial charge in [0, 0.05) is 24.1 Å². The van der Waals surface area contributed by atoms with Crippen molar-refractivity contribution in [3.63, 3.8) is 0 Å². The summed E-state index contributed by atoms with van der Waals surface area (Å²) in [5, 5.41) is 5.47. The molecule has 0 aliphatic rings. The molecule has 0 amide bonds. The lowest BCUT2D eigenvalue weighted by atomic mass is 10.1. The molecule has 0 saturated heterocycles. The van der Waals surface area contributed by atoms with Crippen LogP contribution in [0, 0.1) is 0 Å². The number of fused-ring (bicyclic) bond motifs is 1. The molecule has 0 spiro atoms.